The molecule has 0 aromatic rings. The van der Waals surface area contributed by atoms with E-state index in [1.807, 2.05) is 0 Å². The number of phosphoric acid groups is 1. The predicted octanol–water partition coefficient (Wildman–Crippen LogP) is 10.3. The summed E-state index contributed by atoms with van der Waals surface area (Å²) in [4.78, 5) is 23.2. The Labute approximate surface area is 370 Å². The fraction of sp³-hybridized carbons (Fsp3) is 0.854. The van der Waals surface area contributed by atoms with E-state index in [9.17, 15) is 39.8 Å². The van der Waals surface area contributed by atoms with Gasteiger partial charge in [-0.25, -0.2) is 4.57 Å². The molecule has 0 aromatic heterocycles. The summed E-state index contributed by atoms with van der Waals surface area (Å²) < 4.78 is 34.2. The SMILES string of the molecule is CC/C=C\C/C=C\C/C=C\CCCCCCOCC(COP(=O)(O)OC1C(O)C(O)C(O)C(O)C1O)OC(=O)CCCCCCCCCCCCCCCCCCCCCC. The Morgan fingerprint density at radius 3 is 1.48 bits per heavy atom. The Balaban J connectivity index is 2.35. The van der Waals surface area contributed by atoms with Crippen LogP contribution in [0.1, 0.15) is 200 Å². The third-order valence-corrected chi connectivity index (χ3v) is 12.3. The van der Waals surface area contributed by atoms with Crippen molar-refractivity contribution in [2.45, 2.75) is 243 Å². The normalized spacial score (nSPS) is 22.4. The first-order chi connectivity index (χ1) is 29.5. The van der Waals surface area contributed by atoms with E-state index in [-0.39, 0.29) is 13.0 Å². The van der Waals surface area contributed by atoms with Gasteiger partial charge in [0.05, 0.1) is 13.2 Å². The Hall–Kier alpha value is -1.44. The zero-order valence-corrected chi connectivity index (χ0v) is 39.1. The van der Waals surface area contributed by atoms with Crippen molar-refractivity contribution in [3.8, 4) is 0 Å². The fourth-order valence-corrected chi connectivity index (χ4v) is 8.40. The van der Waals surface area contributed by atoms with Crippen molar-refractivity contribution in [2.24, 2.45) is 0 Å². The van der Waals surface area contributed by atoms with Gasteiger partial charge in [0.2, 0.25) is 0 Å². The van der Waals surface area contributed by atoms with E-state index in [0.717, 1.165) is 70.6 Å². The van der Waals surface area contributed by atoms with Gasteiger partial charge in [-0.3, -0.25) is 13.8 Å². The van der Waals surface area contributed by atoms with Crippen LogP contribution in [0.3, 0.4) is 0 Å². The van der Waals surface area contributed by atoms with Crippen LogP contribution < -0.4 is 0 Å². The van der Waals surface area contributed by atoms with Gasteiger partial charge in [-0.15, -0.1) is 0 Å². The van der Waals surface area contributed by atoms with E-state index in [4.69, 9.17) is 18.5 Å². The summed E-state index contributed by atoms with van der Waals surface area (Å²) in [5, 5.41) is 50.2. The van der Waals surface area contributed by atoms with Gasteiger partial charge in [0.15, 0.2) is 0 Å². The Morgan fingerprint density at radius 2 is 0.967 bits per heavy atom. The smallest absolute Gasteiger partial charge is 0.457 e. The number of unbranched alkanes of at least 4 members (excludes halogenated alkanes) is 23. The average Bonchev–Trinajstić information content (AvgIpc) is 3.24. The van der Waals surface area contributed by atoms with Gasteiger partial charge in [-0.1, -0.05) is 185 Å². The third kappa shape index (κ3) is 31.1. The number of phosphoric ester groups is 1. The lowest BCUT2D eigenvalue weighted by Gasteiger charge is -2.41. The molecule has 6 N–H and O–H groups in total. The molecule has 1 rings (SSSR count). The number of ether oxygens (including phenoxy) is 2. The van der Waals surface area contributed by atoms with E-state index < -0.39 is 63.1 Å². The van der Waals surface area contributed by atoms with Crippen molar-refractivity contribution in [1.29, 1.82) is 0 Å². The molecule has 358 valence electrons. The van der Waals surface area contributed by atoms with Gasteiger partial charge < -0.3 is 39.9 Å². The molecule has 0 saturated heterocycles. The highest BCUT2D eigenvalue weighted by molar-refractivity contribution is 7.47. The first-order valence-corrected chi connectivity index (χ1v) is 25.8. The van der Waals surface area contributed by atoms with Gasteiger partial charge in [-0.05, 0) is 44.9 Å². The molecule has 0 aliphatic heterocycles. The van der Waals surface area contributed by atoms with Crippen LogP contribution in [0, 0.1) is 0 Å². The molecule has 6 unspecified atom stereocenters. The number of carbonyl (C=O) groups excluding carboxylic acids is 1. The molecule has 13 heteroatoms. The van der Waals surface area contributed by atoms with E-state index >= 15 is 0 Å². The quantitative estimate of drug-likeness (QED) is 0.0148. The lowest BCUT2D eigenvalue weighted by Crippen LogP contribution is -2.64. The van der Waals surface area contributed by atoms with Gasteiger partial charge in [0.1, 0.15) is 42.7 Å². The molecular weight excluding hydrogens is 799 g/mol. The van der Waals surface area contributed by atoms with E-state index in [1.165, 1.54) is 103 Å². The molecular formula is C48H89O12P. The molecule has 1 aliphatic carbocycles. The molecule has 12 nitrogen and oxygen atoms in total. The van der Waals surface area contributed by atoms with E-state index in [0.29, 0.717) is 13.0 Å². The molecule has 0 heterocycles. The number of hydrogen-bond donors (Lipinski definition) is 6. The number of aliphatic hydroxyl groups excluding tert-OH is 5. The molecule has 1 fully saturated rings. The van der Waals surface area contributed by atoms with Crippen LogP contribution in [-0.2, 0) is 27.9 Å². The minimum absolute atomic E-state index is 0.0895. The predicted molar refractivity (Wildman–Crippen MR) is 244 cm³/mol. The van der Waals surface area contributed by atoms with Gasteiger partial charge >= 0.3 is 13.8 Å². The summed E-state index contributed by atoms with van der Waals surface area (Å²) in [6, 6.07) is 0. The summed E-state index contributed by atoms with van der Waals surface area (Å²) in [6.45, 7) is 4.12. The standard InChI is InChI=1S/C48H89O12P/c1-3-5-7-9-11-13-15-17-19-20-21-22-23-24-25-27-29-31-33-35-37-42(49)59-41(39-57-38-36-34-32-30-28-26-18-16-14-12-10-8-6-4-2)40-58-61(55,56)60-48-46(53)44(51)43(50)45(52)47(48)54/h6,8,12,14,18,26,41,43-48,50-54H,3-5,7,9-11,13,15-17,19-25,27-40H2,1-2H3,(H,55,56)/b8-6-,14-12-,26-18-. The van der Waals surface area contributed by atoms with Crippen LogP contribution in [-0.4, -0.2) is 98.9 Å². The van der Waals surface area contributed by atoms with Crippen molar-refractivity contribution in [1.82, 2.24) is 0 Å². The van der Waals surface area contributed by atoms with Crippen LogP contribution in [0.2, 0.25) is 0 Å². The summed E-state index contributed by atoms with van der Waals surface area (Å²) in [5.41, 5.74) is 0. The Morgan fingerprint density at radius 1 is 0.541 bits per heavy atom. The summed E-state index contributed by atoms with van der Waals surface area (Å²) in [6.07, 6.45) is 33.6. The topological polar surface area (TPSA) is 192 Å². The van der Waals surface area contributed by atoms with Gasteiger partial charge in [0.25, 0.3) is 0 Å². The minimum Gasteiger partial charge on any atom is -0.457 e. The number of allylic oxidation sites excluding steroid dienone is 6. The van der Waals surface area contributed by atoms with E-state index in [1.54, 1.807) is 0 Å². The largest absolute Gasteiger partial charge is 0.472 e. The Bertz CT molecular complexity index is 1150. The van der Waals surface area contributed by atoms with Crippen molar-refractivity contribution < 1.29 is 58.3 Å². The Kier molecular flexibility index (Phi) is 36.8. The third-order valence-electron chi connectivity index (χ3n) is 11.3. The van der Waals surface area contributed by atoms with Crippen LogP contribution in [0.25, 0.3) is 0 Å². The molecule has 0 amide bonds. The molecule has 61 heavy (non-hydrogen) atoms. The van der Waals surface area contributed by atoms with Crippen molar-refractivity contribution in [3.05, 3.63) is 36.5 Å². The van der Waals surface area contributed by atoms with E-state index in [2.05, 4.69) is 50.3 Å². The average molecular weight is 889 g/mol. The summed E-state index contributed by atoms with van der Waals surface area (Å²) in [7, 11) is -5.02. The highest BCUT2D eigenvalue weighted by Crippen LogP contribution is 2.47. The second-order valence-corrected chi connectivity index (χ2v) is 18.3. The molecule has 1 aliphatic rings. The molecule has 0 spiro atoms. The van der Waals surface area contributed by atoms with Crippen LogP contribution >= 0.6 is 7.82 Å². The zero-order valence-electron chi connectivity index (χ0n) is 38.2. The van der Waals surface area contributed by atoms with Crippen LogP contribution in [0.4, 0.5) is 0 Å². The first-order valence-electron chi connectivity index (χ1n) is 24.3. The zero-order chi connectivity index (χ0) is 44.8. The number of carbonyl (C=O) groups is 1. The maximum Gasteiger partial charge on any atom is 0.472 e. The molecule has 0 radical (unpaired) electrons. The number of rotatable bonds is 41. The second kappa shape index (κ2) is 39.0. The minimum atomic E-state index is -5.02. The maximum absolute atomic E-state index is 12.8. The first kappa shape index (κ1) is 57.6. The monoisotopic (exact) mass is 889 g/mol. The lowest BCUT2D eigenvalue weighted by atomic mass is 9.85. The number of hydrogen-bond acceptors (Lipinski definition) is 11. The van der Waals surface area contributed by atoms with Crippen molar-refractivity contribution in [2.75, 3.05) is 19.8 Å². The van der Waals surface area contributed by atoms with Gasteiger partial charge in [-0.2, -0.15) is 0 Å². The number of aliphatic hydroxyl groups is 5. The fourth-order valence-electron chi connectivity index (χ4n) is 7.43. The highest BCUT2D eigenvalue weighted by atomic mass is 31.2. The van der Waals surface area contributed by atoms with Crippen LogP contribution in [0.15, 0.2) is 36.5 Å². The summed E-state index contributed by atoms with van der Waals surface area (Å²) >= 11 is 0. The molecule has 0 bridgehead atoms. The van der Waals surface area contributed by atoms with Gasteiger partial charge in [0, 0.05) is 13.0 Å². The number of esters is 1. The molecule has 1 saturated carbocycles. The maximum atomic E-state index is 12.8. The second-order valence-electron chi connectivity index (χ2n) is 16.9. The molecule has 0 aromatic carbocycles. The van der Waals surface area contributed by atoms with Crippen molar-refractivity contribution >= 4 is 13.8 Å². The van der Waals surface area contributed by atoms with Crippen LogP contribution in [0.5, 0.6) is 0 Å². The highest BCUT2D eigenvalue weighted by Gasteiger charge is 2.51. The molecule has 6 atom stereocenters. The van der Waals surface area contributed by atoms with Crippen molar-refractivity contribution in [3.63, 3.8) is 0 Å². The summed E-state index contributed by atoms with van der Waals surface area (Å²) in [5.74, 6) is -0.483. The lowest BCUT2D eigenvalue weighted by molar-refractivity contribution is -0.220.